The average Bonchev–Trinajstić information content (AvgIpc) is 2.71. The minimum absolute atomic E-state index is 0.279. The van der Waals surface area contributed by atoms with E-state index in [0.717, 1.165) is 18.2 Å². The summed E-state index contributed by atoms with van der Waals surface area (Å²) in [6, 6.07) is 0.113. The van der Waals surface area contributed by atoms with Gasteiger partial charge in [0, 0.05) is 17.7 Å². The summed E-state index contributed by atoms with van der Waals surface area (Å²) in [6.45, 7) is 2.84. The lowest BCUT2D eigenvalue weighted by atomic mass is 10.0. The highest BCUT2D eigenvalue weighted by molar-refractivity contribution is 5.26. The molecule has 1 heterocycles. The van der Waals surface area contributed by atoms with Crippen LogP contribution in [0.15, 0.2) is 22.7 Å². The minimum atomic E-state index is -4.86. The minimum Gasteiger partial charge on any atom is -0.361 e. The van der Waals surface area contributed by atoms with Crippen LogP contribution in [-0.4, -0.2) is 11.3 Å². The molecule has 0 fully saturated rings. The van der Waals surface area contributed by atoms with E-state index < -0.39 is 29.4 Å². The van der Waals surface area contributed by atoms with Gasteiger partial charge in [0.25, 0.3) is 0 Å². The second kappa shape index (κ2) is 6.04. The van der Waals surface area contributed by atoms with Crippen LogP contribution in [0.5, 0.6) is 0 Å². The maximum Gasteiger partial charge on any atom is 0.408 e. The zero-order valence-electron chi connectivity index (χ0n) is 11.8. The molecule has 0 saturated heterocycles. The number of rotatable bonds is 4. The third-order valence-corrected chi connectivity index (χ3v) is 3.28. The molecule has 1 N–H and O–H groups in total. The number of benzene rings is 1. The molecular weight excluding hydrogens is 307 g/mol. The molecule has 1 aromatic carbocycles. The fourth-order valence-corrected chi connectivity index (χ4v) is 2.13. The second-order valence-electron chi connectivity index (χ2n) is 4.79. The normalized spacial score (nSPS) is 13.4. The maximum atomic E-state index is 13.6. The zero-order valence-corrected chi connectivity index (χ0v) is 11.8. The van der Waals surface area contributed by atoms with Crippen molar-refractivity contribution in [3.63, 3.8) is 0 Å². The molecule has 0 saturated carbocycles. The van der Waals surface area contributed by atoms with Gasteiger partial charge in [0.15, 0.2) is 0 Å². The van der Waals surface area contributed by atoms with Crippen molar-refractivity contribution < 1.29 is 26.5 Å². The summed E-state index contributed by atoms with van der Waals surface area (Å²) < 4.78 is 71.6. The molecule has 8 heteroatoms. The van der Waals surface area contributed by atoms with Crippen molar-refractivity contribution in [2.75, 3.05) is 0 Å². The molecule has 3 nitrogen and oxygen atoms in total. The number of nitrogens with one attached hydrogen (secondary N) is 1. The van der Waals surface area contributed by atoms with Gasteiger partial charge >= 0.3 is 6.18 Å². The van der Waals surface area contributed by atoms with Gasteiger partial charge in [-0.3, -0.25) is 5.32 Å². The van der Waals surface area contributed by atoms with E-state index in [1.165, 1.54) is 0 Å². The Balaban J connectivity index is 2.33. The van der Waals surface area contributed by atoms with Gasteiger partial charge in [-0.25, -0.2) is 8.78 Å². The first-order chi connectivity index (χ1) is 10.2. The van der Waals surface area contributed by atoms with Crippen LogP contribution < -0.4 is 5.32 Å². The van der Waals surface area contributed by atoms with Crippen LogP contribution in [-0.2, 0) is 6.54 Å². The molecule has 0 unspecified atom stereocenters. The molecule has 0 aliphatic rings. The van der Waals surface area contributed by atoms with Crippen LogP contribution in [0.4, 0.5) is 22.0 Å². The molecule has 1 aromatic heterocycles. The van der Waals surface area contributed by atoms with E-state index in [-0.39, 0.29) is 6.54 Å². The van der Waals surface area contributed by atoms with Crippen molar-refractivity contribution in [2.24, 2.45) is 0 Å². The first kappa shape index (κ1) is 16.4. The molecule has 0 aliphatic carbocycles. The highest BCUT2D eigenvalue weighted by Crippen LogP contribution is 2.35. The molecule has 22 heavy (non-hydrogen) atoms. The van der Waals surface area contributed by atoms with Gasteiger partial charge in [0.1, 0.15) is 23.4 Å². The van der Waals surface area contributed by atoms with E-state index in [9.17, 15) is 22.0 Å². The number of aromatic nitrogens is 1. The smallest absolute Gasteiger partial charge is 0.361 e. The first-order valence-corrected chi connectivity index (χ1v) is 6.37. The summed E-state index contributed by atoms with van der Waals surface area (Å²) in [4.78, 5) is 0. The predicted molar refractivity (Wildman–Crippen MR) is 68.0 cm³/mol. The Morgan fingerprint density at radius 1 is 1.18 bits per heavy atom. The number of hydrogen-bond acceptors (Lipinski definition) is 3. The van der Waals surface area contributed by atoms with Gasteiger partial charge in [0.2, 0.25) is 0 Å². The SMILES string of the molecule is Cc1noc(C)c1CN[C@H](c1c(F)cccc1F)C(F)(F)F. The number of halogens is 5. The quantitative estimate of drug-likeness (QED) is 0.867. The summed E-state index contributed by atoms with van der Waals surface area (Å²) in [7, 11) is 0. The Bertz CT molecular complexity index is 626. The van der Waals surface area contributed by atoms with Gasteiger partial charge < -0.3 is 4.52 Å². The topological polar surface area (TPSA) is 38.1 Å². The molecule has 0 amide bonds. The summed E-state index contributed by atoms with van der Waals surface area (Å²) in [6.07, 6.45) is -4.86. The first-order valence-electron chi connectivity index (χ1n) is 6.37. The summed E-state index contributed by atoms with van der Waals surface area (Å²) in [5.74, 6) is -2.16. The Morgan fingerprint density at radius 2 is 1.77 bits per heavy atom. The van der Waals surface area contributed by atoms with Gasteiger partial charge in [-0.05, 0) is 26.0 Å². The summed E-state index contributed by atoms with van der Waals surface area (Å²) in [5, 5.41) is 5.76. The molecule has 2 aromatic rings. The largest absolute Gasteiger partial charge is 0.408 e. The van der Waals surface area contributed by atoms with Crippen molar-refractivity contribution in [3.8, 4) is 0 Å². The van der Waals surface area contributed by atoms with Crippen LogP contribution in [0.2, 0.25) is 0 Å². The number of alkyl halides is 3. The Morgan fingerprint density at radius 3 is 2.23 bits per heavy atom. The van der Waals surface area contributed by atoms with E-state index in [1.54, 1.807) is 13.8 Å². The van der Waals surface area contributed by atoms with E-state index in [2.05, 4.69) is 10.5 Å². The van der Waals surface area contributed by atoms with E-state index in [1.807, 2.05) is 0 Å². The van der Waals surface area contributed by atoms with Crippen molar-refractivity contribution in [2.45, 2.75) is 32.6 Å². The van der Waals surface area contributed by atoms with E-state index in [4.69, 9.17) is 4.52 Å². The zero-order chi connectivity index (χ0) is 16.5. The van der Waals surface area contributed by atoms with Crippen molar-refractivity contribution in [1.29, 1.82) is 0 Å². The van der Waals surface area contributed by atoms with Crippen LogP contribution in [0.1, 0.15) is 28.6 Å². The highest BCUT2D eigenvalue weighted by atomic mass is 19.4. The molecule has 0 bridgehead atoms. The molecule has 0 radical (unpaired) electrons. The maximum absolute atomic E-state index is 13.6. The molecular formula is C14H13F5N2O. The standard InChI is InChI=1S/C14H13F5N2O/c1-7-9(8(2)22-21-7)6-20-13(14(17,18)19)12-10(15)4-3-5-11(12)16/h3-5,13,20H,6H2,1-2H3/t13-/m1/s1. The third kappa shape index (κ3) is 3.27. The van der Waals surface area contributed by atoms with Gasteiger partial charge in [-0.1, -0.05) is 11.2 Å². The van der Waals surface area contributed by atoms with Crippen molar-refractivity contribution >= 4 is 0 Å². The number of aryl methyl sites for hydroxylation is 2. The van der Waals surface area contributed by atoms with Gasteiger partial charge in [-0.2, -0.15) is 13.2 Å². The average molecular weight is 320 g/mol. The monoisotopic (exact) mass is 320 g/mol. The Kier molecular flexibility index (Phi) is 4.50. The fraction of sp³-hybridized carbons (Fsp3) is 0.357. The van der Waals surface area contributed by atoms with Crippen LogP contribution in [0.3, 0.4) is 0 Å². The van der Waals surface area contributed by atoms with E-state index >= 15 is 0 Å². The van der Waals surface area contributed by atoms with Crippen LogP contribution in [0, 0.1) is 25.5 Å². The Labute approximate surface area is 123 Å². The third-order valence-electron chi connectivity index (χ3n) is 3.28. The van der Waals surface area contributed by atoms with Crippen LogP contribution >= 0.6 is 0 Å². The predicted octanol–water partition coefficient (Wildman–Crippen LogP) is 3.96. The van der Waals surface area contributed by atoms with Crippen molar-refractivity contribution in [3.05, 3.63) is 52.4 Å². The number of nitrogens with zero attached hydrogens (tertiary/aromatic N) is 1. The van der Waals surface area contributed by atoms with Gasteiger partial charge in [0.05, 0.1) is 5.69 Å². The molecule has 0 aliphatic heterocycles. The van der Waals surface area contributed by atoms with Crippen molar-refractivity contribution in [1.82, 2.24) is 10.5 Å². The lowest BCUT2D eigenvalue weighted by molar-refractivity contribution is -0.159. The van der Waals surface area contributed by atoms with E-state index in [0.29, 0.717) is 17.0 Å². The van der Waals surface area contributed by atoms with Gasteiger partial charge in [-0.15, -0.1) is 0 Å². The van der Waals surface area contributed by atoms with Crippen LogP contribution in [0.25, 0.3) is 0 Å². The molecule has 120 valence electrons. The molecule has 0 spiro atoms. The second-order valence-corrected chi connectivity index (χ2v) is 4.79. The summed E-state index contributed by atoms with van der Waals surface area (Å²) in [5.41, 5.74) is -0.215. The Hall–Kier alpha value is -1.96. The lowest BCUT2D eigenvalue weighted by Gasteiger charge is -2.23. The highest BCUT2D eigenvalue weighted by Gasteiger charge is 2.43. The molecule has 2 rings (SSSR count). The number of hydrogen-bond donors (Lipinski definition) is 1. The lowest BCUT2D eigenvalue weighted by Crippen LogP contribution is -2.35. The fourth-order valence-electron chi connectivity index (χ4n) is 2.13. The molecule has 1 atom stereocenters. The summed E-state index contributed by atoms with van der Waals surface area (Å²) >= 11 is 0.